The van der Waals surface area contributed by atoms with Crippen LogP contribution in [0, 0.1) is 0 Å². The number of amides is 1. The highest BCUT2D eigenvalue weighted by atomic mass is 32.1. The second kappa shape index (κ2) is 8.27. The van der Waals surface area contributed by atoms with Crippen LogP contribution in [0.2, 0.25) is 0 Å². The standard InChI is InChI=1S/C18H18F2N2O3S/c1-24-14-10-11(6-8-13(14)25-17(19)20)7-9-16(23)22-18-21-12-4-2-3-5-15(12)26-18/h6-10,17H,2-5H2,1H3,(H,21,22,23)/b9-7+. The number of aryl methyl sites for hydroxylation is 2. The number of benzene rings is 1. The number of carbonyl (C=O) groups excluding carboxylic acids is 1. The number of methoxy groups -OCH3 is 1. The van der Waals surface area contributed by atoms with Crippen LogP contribution in [0.1, 0.15) is 29.0 Å². The molecule has 0 atom stereocenters. The number of fused-ring (bicyclic) bond motifs is 1. The first-order chi connectivity index (χ1) is 12.5. The van der Waals surface area contributed by atoms with Crippen LogP contribution >= 0.6 is 11.3 Å². The van der Waals surface area contributed by atoms with E-state index in [1.54, 1.807) is 12.1 Å². The van der Waals surface area contributed by atoms with Crippen molar-refractivity contribution in [2.24, 2.45) is 0 Å². The highest BCUT2D eigenvalue weighted by molar-refractivity contribution is 7.15. The Bertz CT molecular complexity index is 797. The van der Waals surface area contributed by atoms with Gasteiger partial charge in [-0.2, -0.15) is 8.78 Å². The number of hydrogen-bond donors (Lipinski definition) is 1. The highest BCUT2D eigenvalue weighted by Crippen LogP contribution is 2.31. The van der Waals surface area contributed by atoms with Crippen molar-refractivity contribution in [2.75, 3.05) is 12.4 Å². The van der Waals surface area contributed by atoms with Crippen LogP contribution in [0.5, 0.6) is 11.5 Å². The lowest BCUT2D eigenvalue weighted by molar-refractivity contribution is -0.111. The molecule has 1 aromatic carbocycles. The predicted octanol–water partition coefficient (Wildman–Crippen LogP) is 4.28. The molecule has 0 spiro atoms. The van der Waals surface area contributed by atoms with Crippen LogP contribution in [0.4, 0.5) is 13.9 Å². The van der Waals surface area contributed by atoms with Gasteiger partial charge in [-0.05, 0) is 49.5 Å². The van der Waals surface area contributed by atoms with Gasteiger partial charge in [0.2, 0.25) is 5.91 Å². The summed E-state index contributed by atoms with van der Waals surface area (Å²) < 4.78 is 34.1. The molecule has 5 nitrogen and oxygen atoms in total. The second-order valence-corrected chi connectivity index (χ2v) is 6.79. The van der Waals surface area contributed by atoms with Gasteiger partial charge < -0.3 is 9.47 Å². The Hall–Kier alpha value is -2.48. The zero-order valence-electron chi connectivity index (χ0n) is 14.1. The number of alkyl halides is 2. The molecule has 0 radical (unpaired) electrons. The van der Waals surface area contributed by atoms with Crippen molar-refractivity contribution in [1.29, 1.82) is 0 Å². The average Bonchev–Trinajstić information content (AvgIpc) is 3.02. The Balaban J connectivity index is 1.65. The first kappa shape index (κ1) is 18.3. The van der Waals surface area contributed by atoms with Gasteiger partial charge in [0.05, 0.1) is 12.8 Å². The van der Waals surface area contributed by atoms with E-state index in [4.69, 9.17) is 4.74 Å². The van der Waals surface area contributed by atoms with Crippen molar-refractivity contribution >= 4 is 28.5 Å². The minimum atomic E-state index is -2.93. The Morgan fingerprint density at radius 3 is 2.85 bits per heavy atom. The number of ether oxygens (including phenoxy) is 2. The summed E-state index contributed by atoms with van der Waals surface area (Å²) in [6, 6.07) is 4.45. The second-order valence-electron chi connectivity index (χ2n) is 5.71. The summed E-state index contributed by atoms with van der Waals surface area (Å²) in [5, 5.41) is 3.36. The molecular formula is C18H18F2N2O3S. The van der Waals surface area contributed by atoms with E-state index in [0.29, 0.717) is 10.7 Å². The van der Waals surface area contributed by atoms with Crippen molar-refractivity contribution in [3.8, 4) is 11.5 Å². The maximum atomic E-state index is 12.3. The zero-order valence-corrected chi connectivity index (χ0v) is 14.9. The highest BCUT2D eigenvalue weighted by Gasteiger charge is 2.15. The monoisotopic (exact) mass is 380 g/mol. The molecule has 0 aliphatic heterocycles. The maximum Gasteiger partial charge on any atom is 0.387 e. The van der Waals surface area contributed by atoms with Gasteiger partial charge in [-0.1, -0.05) is 6.07 Å². The van der Waals surface area contributed by atoms with Crippen molar-refractivity contribution in [1.82, 2.24) is 4.98 Å². The van der Waals surface area contributed by atoms with Gasteiger partial charge in [-0.25, -0.2) is 4.98 Å². The summed E-state index contributed by atoms with van der Waals surface area (Å²) in [4.78, 5) is 17.8. The van der Waals surface area contributed by atoms with Crippen LogP contribution in [-0.2, 0) is 17.6 Å². The van der Waals surface area contributed by atoms with E-state index >= 15 is 0 Å². The number of nitrogens with zero attached hydrogens (tertiary/aromatic N) is 1. The summed E-state index contributed by atoms with van der Waals surface area (Å²) in [6.45, 7) is -2.93. The number of thiazole rings is 1. The molecule has 0 unspecified atom stereocenters. The molecule has 1 heterocycles. The Morgan fingerprint density at radius 1 is 1.31 bits per heavy atom. The van der Waals surface area contributed by atoms with E-state index in [0.717, 1.165) is 31.4 Å². The molecule has 1 N–H and O–H groups in total. The van der Waals surface area contributed by atoms with Crippen LogP contribution in [0.15, 0.2) is 24.3 Å². The first-order valence-electron chi connectivity index (χ1n) is 8.15. The smallest absolute Gasteiger partial charge is 0.387 e. The molecule has 0 saturated heterocycles. The number of aromatic nitrogens is 1. The fourth-order valence-electron chi connectivity index (χ4n) is 2.71. The molecule has 0 bridgehead atoms. The fraction of sp³-hybridized carbons (Fsp3) is 0.333. The lowest BCUT2D eigenvalue weighted by Gasteiger charge is -2.10. The molecule has 1 aromatic heterocycles. The van der Waals surface area contributed by atoms with E-state index in [-0.39, 0.29) is 17.4 Å². The third kappa shape index (κ3) is 4.57. The van der Waals surface area contributed by atoms with E-state index in [2.05, 4.69) is 15.0 Å². The van der Waals surface area contributed by atoms with E-state index in [9.17, 15) is 13.6 Å². The van der Waals surface area contributed by atoms with Gasteiger partial charge in [0.25, 0.3) is 0 Å². The molecule has 138 valence electrons. The summed E-state index contributed by atoms with van der Waals surface area (Å²) in [5.74, 6) is -0.194. The number of nitrogens with one attached hydrogen (secondary N) is 1. The van der Waals surface area contributed by atoms with E-state index in [1.165, 1.54) is 41.5 Å². The molecule has 26 heavy (non-hydrogen) atoms. The Kier molecular flexibility index (Phi) is 5.82. The minimum Gasteiger partial charge on any atom is -0.493 e. The number of carbonyl (C=O) groups is 1. The maximum absolute atomic E-state index is 12.3. The summed E-state index contributed by atoms with van der Waals surface area (Å²) in [5.41, 5.74) is 1.71. The number of anilines is 1. The zero-order chi connectivity index (χ0) is 18.5. The van der Waals surface area contributed by atoms with Crippen molar-refractivity contribution < 1.29 is 23.0 Å². The van der Waals surface area contributed by atoms with Crippen LogP contribution < -0.4 is 14.8 Å². The quantitative estimate of drug-likeness (QED) is 0.760. The minimum absolute atomic E-state index is 0.0579. The average molecular weight is 380 g/mol. The van der Waals surface area contributed by atoms with Gasteiger partial charge in [-0.3, -0.25) is 10.1 Å². The normalized spacial score (nSPS) is 13.7. The van der Waals surface area contributed by atoms with Crippen molar-refractivity contribution in [2.45, 2.75) is 32.3 Å². The van der Waals surface area contributed by atoms with Gasteiger partial charge in [-0.15, -0.1) is 11.3 Å². The van der Waals surface area contributed by atoms with Crippen LogP contribution in [0.25, 0.3) is 6.08 Å². The van der Waals surface area contributed by atoms with Crippen LogP contribution in [0.3, 0.4) is 0 Å². The predicted molar refractivity (Wildman–Crippen MR) is 96.0 cm³/mol. The molecule has 2 aromatic rings. The molecular weight excluding hydrogens is 362 g/mol. The SMILES string of the molecule is COc1cc(/C=C/C(=O)Nc2nc3c(s2)CCCC3)ccc1OC(F)F. The lowest BCUT2D eigenvalue weighted by atomic mass is 10.0. The molecule has 0 saturated carbocycles. The van der Waals surface area contributed by atoms with Crippen LogP contribution in [-0.4, -0.2) is 24.6 Å². The number of halogens is 2. The Labute approximate surface area is 153 Å². The van der Waals surface area contributed by atoms with Gasteiger partial charge in [0.15, 0.2) is 16.6 Å². The molecule has 3 rings (SSSR count). The third-order valence-electron chi connectivity index (χ3n) is 3.91. The molecule has 0 fully saturated rings. The van der Waals surface area contributed by atoms with Crippen molar-refractivity contribution in [3.05, 3.63) is 40.4 Å². The van der Waals surface area contributed by atoms with Crippen molar-refractivity contribution in [3.63, 3.8) is 0 Å². The molecule has 8 heteroatoms. The largest absolute Gasteiger partial charge is 0.493 e. The van der Waals surface area contributed by atoms with E-state index < -0.39 is 6.61 Å². The Morgan fingerprint density at radius 2 is 2.12 bits per heavy atom. The number of hydrogen-bond acceptors (Lipinski definition) is 5. The van der Waals surface area contributed by atoms with E-state index in [1.807, 2.05) is 0 Å². The number of rotatable bonds is 6. The fourth-order valence-corrected chi connectivity index (χ4v) is 3.76. The molecule has 1 aliphatic rings. The molecule has 1 amide bonds. The summed E-state index contributed by atoms with van der Waals surface area (Å²) in [6.07, 6.45) is 7.21. The van der Waals surface area contributed by atoms with Gasteiger partial charge in [0, 0.05) is 11.0 Å². The third-order valence-corrected chi connectivity index (χ3v) is 4.98. The topological polar surface area (TPSA) is 60.5 Å². The lowest BCUT2D eigenvalue weighted by Crippen LogP contribution is -2.07. The first-order valence-corrected chi connectivity index (χ1v) is 8.97. The summed E-state index contributed by atoms with van der Waals surface area (Å²) >= 11 is 1.51. The summed E-state index contributed by atoms with van der Waals surface area (Å²) in [7, 11) is 1.36. The van der Waals surface area contributed by atoms with Gasteiger partial charge >= 0.3 is 6.61 Å². The molecule has 1 aliphatic carbocycles. The van der Waals surface area contributed by atoms with Gasteiger partial charge in [0.1, 0.15) is 0 Å².